The molecule has 1 saturated carbocycles. The maximum atomic E-state index is 14.0. The van der Waals surface area contributed by atoms with Crippen LogP contribution in [0.15, 0.2) is 30.5 Å². The van der Waals surface area contributed by atoms with Crippen LogP contribution in [-0.4, -0.2) is 33.5 Å². The van der Waals surface area contributed by atoms with Gasteiger partial charge in [-0.15, -0.1) is 0 Å². The first-order valence-corrected chi connectivity index (χ1v) is 10.8. The minimum absolute atomic E-state index is 0.0361. The van der Waals surface area contributed by atoms with Crippen LogP contribution in [0.1, 0.15) is 47.6 Å². The summed E-state index contributed by atoms with van der Waals surface area (Å²) < 4.78 is 40.1. The lowest BCUT2D eigenvalue weighted by molar-refractivity contribution is 0.0529. The third-order valence-electron chi connectivity index (χ3n) is 6.19. The van der Waals surface area contributed by atoms with Gasteiger partial charge in [-0.25, -0.2) is 23.4 Å². The highest BCUT2D eigenvalue weighted by Crippen LogP contribution is 2.38. The van der Waals surface area contributed by atoms with Crippen molar-refractivity contribution in [3.05, 3.63) is 64.6 Å². The van der Waals surface area contributed by atoms with E-state index in [9.17, 15) is 18.4 Å². The van der Waals surface area contributed by atoms with Crippen molar-refractivity contribution in [2.75, 3.05) is 0 Å². The standard InChI is InChI=1S/C24H26F2N4O4/c1-12-8-18(33-11-14-15(25)6-5-7-16(14)26)21-28-13(2)19(30(21)10-12)22(31)34-23(32)29-17-9-24(3,4)20(17)27/h5-8,10,17,20H,9,11,27H2,1-4H3,(H,29,32). The topological polar surface area (TPSA) is 108 Å². The molecule has 1 fully saturated rings. The average Bonchev–Trinajstić information content (AvgIpc) is 3.08. The number of carbonyl (C=O) groups excluding carboxylic acids is 2. The second-order valence-electron chi connectivity index (χ2n) is 9.26. The molecule has 3 N–H and O–H groups in total. The molecule has 0 bridgehead atoms. The van der Waals surface area contributed by atoms with Crippen molar-refractivity contribution in [3.63, 3.8) is 0 Å². The number of hydrogen-bond donors (Lipinski definition) is 2. The van der Waals surface area contributed by atoms with Gasteiger partial charge in [-0.05, 0) is 49.4 Å². The van der Waals surface area contributed by atoms with E-state index in [0.29, 0.717) is 17.7 Å². The van der Waals surface area contributed by atoms with Crippen molar-refractivity contribution in [2.24, 2.45) is 11.1 Å². The molecular weight excluding hydrogens is 446 g/mol. The highest BCUT2D eigenvalue weighted by molar-refractivity contribution is 5.97. The molecule has 0 spiro atoms. The van der Waals surface area contributed by atoms with Gasteiger partial charge in [0.2, 0.25) is 0 Å². The summed E-state index contributed by atoms with van der Waals surface area (Å²) in [7, 11) is 0. The van der Waals surface area contributed by atoms with Crippen molar-refractivity contribution < 1.29 is 27.8 Å². The van der Waals surface area contributed by atoms with Crippen LogP contribution in [0.2, 0.25) is 0 Å². The molecule has 1 aliphatic rings. The molecule has 10 heteroatoms. The van der Waals surface area contributed by atoms with Crippen molar-refractivity contribution in [3.8, 4) is 5.75 Å². The number of carbonyl (C=O) groups is 2. The molecule has 2 atom stereocenters. The maximum absolute atomic E-state index is 14.0. The number of nitrogens with one attached hydrogen (secondary N) is 1. The highest BCUT2D eigenvalue weighted by atomic mass is 19.1. The number of esters is 1. The van der Waals surface area contributed by atoms with Crippen molar-refractivity contribution in [1.82, 2.24) is 14.7 Å². The Kier molecular flexibility index (Phi) is 6.03. The lowest BCUT2D eigenvalue weighted by Crippen LogP contribution is -2.65. The molecule has 3 aromatic rings. The van der Waals surface area contributed by atoms with Gasteiger partial charge in [0.25, 0.3) is 0 Å². The third kappa shape index (κ3) is 4.33. The van der Waals surface area contributed by atoms with Crippen LogP contribution >= 0.6 is 0 Å². The quantitative estimate of drug-likeness (QED) is 0.432. The van der Waals surface area contributed by atoms with Gasteiger partial charge in [0.1, 0.15) is 18.2 Å². The number of nitrogens with zero attached hydrogens (tertiary/aromatic N) is 2. The molecule has 1 amide bonds. The van der Waals surface area contributed by atoms with E-state index in [1.807, 2.05) is 13.8 Å². The number of imidazole rings is 1. The zero-order valence-electron chi connectivity index (χ0n) is 19.3. The lowest BCUT2D eigenvalue weighted by Gasteiger charge is -2.49. The van der Waals surface area contributed by atoms with Crippen LogP contribution in [0.5, 0.6) is 5.75 Å². The zero-order valence-corrected chi connectivity index (χ0v) is 19.3. The van der Waals surface area contributed by atoms with E-state index in [2.05, 4.69) is 10.3 Å². The molecule has 0 aliphatic heterocycles. The predicted octanol–water partition coefficient (Wildman–Crippen LogP) is 3.80. The zero-order chi connectivity index (χ0) is 24.8. The fraction of sp³-hybridized carbons (Fsp3) is 0.375. The van der Waals surface area contributed by atoms with Crippen molar-refractivity contribution in [2.45, 2.75) is 52.8 Å². The van der Waals surface area contributed by atoms with E-state index in [1.165, 1.54) is 10.5 Å². The van der Waals surface area contributed by atoms with Crippen molar-refractivity contribution in [1.29, 1.82) is 0 Å². The number of fused-ring (bicyclic) bond motifs is 1. The molecule has 2 aromatic heterocycles. The van der Waals surface area contributed by atoms with Gasteiger partial charge in [0, 0.05) is 18.3 Å². The molecule has 1 aromatic carbocycles. The summed E-state index contributed by atoms with van der Waals surface area (Å²) in [5, 5.41) is 2.62. The van der Waals surface area contributed by atoms with E-state index in [-0.39, 0.29) is 46.8 Å². The van der Waals surface area contributed by atoms with E-state index in [0.717, 1.165) is 12.1 Å². The summed E-state index contributed by atoms with van der Waals surface area (Å²) in [5.74, 6) is -2.13. The van der Waals surface area contributed by atoms with Gasteiger partial charge >= 0.3 is 12.1 Å². The number of amides is 1. The fourth-order valence-corrected chi connectivity index (χ4v) is 4.20. The SMILES string of the molecule is Cc1cc(OCc2c(F)cccc2F)c2nc(C)c(C(=O)OC(=O)NC3CC(C)(C)C3N)n2c1. The Morgan fingerprint density at radius 2 is 1.94 bits per heavy atom. The first-order valence-electron chi connectivity index (χ1n) is 10.8. The number of aryl methyl sites for hydroxylation is 2. The summed E-state index contributed by atoms with van der Waals surface area (Å²) in [6, 6.07) is 4.68. The highest BCUT2D eigenvalue weighted by Gasteiger charge is 2.46. The first-order chi connectivity index (χ1) is 16.0. The lowest BCUT2D eigenvalue weighted by atomic mass is 9.64. The molecule has 2 unspecified atom stereocenters. The number of nitrogens with two attached hydrogens (primary N) is 1. The van der Waals surface area contributed by atoms with Crippen molar-refractivity contribution >= 4 is 17.7 Å². The van der Waals surface area contributed by atoms with E-state index >= 15 is 0 Å². The van der Waals surface area contributed by atoms with E-state index < -0.39 is 23.7 Å². The Morgan fingerprint density at radius 3 is 2.56 bits per heavy atom. The number of ether oxygens (including phenoxy) is 2. The molecule has 180 valence electrons. The predicted molar refractivity (Wildman–Crippen MR) is 119 cm³/mol. The van der Waals surface area contributed by atoms with Gasteiger partial charge in [0.15, 0.2) is 17.1 Å². The van der Waals surface area contributed by atoms with Gasteiger partial charge in [-0.3, -0.25) is 4.40 Å². The van der Waals surface area contributed by atoms with E-state index in [1.54, 1.807) is 26.1 Å². The minimum Gasteiger partial charge on any atom is -0.485 e. The summed E-state index contributed by atoms with van der Waals surface area (Å²) in [6.07, 6.45) is 1.41. The fourth-order valence-electron chi connectivity index (χ4n) is 4.20. The molecule has 0 saturated heterocycles. The Labute approximate surface area is 195 Å². The number of rotatable bonds is 5. The molecule has 4 rings (SSSR count). The summed E-state index contributed by atoms with van der Waals surface area (Å²) in [6.45, 7) is 6.96. The number of alkyl carbamates (subject to hydrolysis) is 1. The van der Waals surface area contributed by atoms with Crippen LogP contribution in [0.25, 0.3) is 5.65 Å². The van der Waals surface area contributed by atoms with Gasteiger partial charge < -0.3 is 20.5 Å². The van der Waals surface area contributed by atoms with Crippen LogP contribution in [0.3, 0.4) is 0 Å². The molecule has 8 nitrogen and oxygen atoms in total. The average molecular weight is 472 g/mol. The summed E-state index contributed by atoms with van der Waals surface area (Å²) in [5.41, 5.74) is 7.01. The Morgan fingerprint density at radius 1 is 1.26 bits per heavy atom. The normalized spacial score (nSPS) is 18.9. The molecule has 2 heterocycles. The Balaban J connectivity index is 1.55. The number of benzene rings is 1. The smallest absolute Gasteiger partial charge is 0.415 e. The van der Waals surface area contributed by atoms with Crippen LogP contribution in [-0.2, 0) is 11.3 Å². The van der Waals surface area contributed by atoms with Gasteiger partial charge in [0.05, 0.1) is 11.3 Å². The monoisotopic (exact) mass is 472 g/mol. The van der Waals surface area contributed by atoms with Gasteiger partial charge in [-0.1, -0.05) is 19.9 Å². The third-order valence-corrected chi connectivity index (χ3v) is 6.19. The second kappa shape index (κ2) is 8.68. The maximum Gasteiger partial charge on any atom is 0.415 e. The van der Waals surface area contributed by atoms with E-state index in [4.69, 9.17) is 15.2 Å². The second-order valence-corrected chi connectivity index (χ2v) is 9.26. The molecule has 0 radical (unpaired) electrons. The van der Waals surface area contributed by atoms with Gasteiger partial charge in [-0.2, -0.15) is 0 Å². The number of halogens is 2. The summed E-state index contributed by atoms with van der Waals surface area (Å²) >= 11 is 0. The first kappa shape index (κ1) is 23.6. The summed E-state index contributed by atoms with van der Waals surface area (Å²) in [4.78, 5) is 29.5. The number of aromatic nitrogens is 2. The number of hydrogen-bond acceptors (Lipinski definition) is 6. The molecule has 1 aliphatic carbocycles. The molecular formula is C24H26F2N4O4. The Hall–Kier alpha value is -3.53. The van der Waals surface area contributed by atoms with Crippen LogP contribution in [0.4, 0.5) is 13.6 Å². The molecule has 34 heavy (non-hydrogen) atoms. The van der Waals surface area contributed by atoms with Crippen LogP contribution < -0.4 is 15.8 Å². The van der Waals surface area contributed by atoms with Crippen LogP contribution in [0, 0.1) is 30.9 Å². The minimum atomic E-state index is -0.897. The number of pyridine rings is 1. The largest absolute Gasteiger partial charge is 0.485 e. The Bertz CT molecular complexity index is 1270.